The van der Waals surface area contributed by atoms with Gasteiger partial charge < -0.3 is 15.4 Å². The molecule has 7 heteroatoms. The number of pyridine rings is 1. The van der Waals surface area contributed by atoms with Crippen molar-refractivity contribution in [1.82, 2.24) is 4.98 Å². The van der Waals surface area contributed by atoms with Crippen LogP contribution in [0.1, 0.15) is 26.4 Å². The smallest absolute Gasteiger partial charge is 0.274 e. The van der Waals surface area contributed by atoms with Crippen molar-refractivity contribution in [3.63, 3.8) is 0 Å². The van der Waals surface area contributed by atoms with Gasteiger partial charge in [-0.25, -0.2) is 0 Å². The number of nitrogens with zero attached hydrogens (tertiary/aromatic N) is 2. The molecule has 2 amide bonds. The van der Waals surface area contributed by atoms with Crippen LogP contribution >= 0.6 is 0 Å². The Morgan fingerprint density at radius 3 is 2.39 bits per heavy atom. The molecule has 1 aromatic heterocycles. The van der Waals surface area contributed by atoms with E-state index >= 15 is 0 Å². The van der Waals surface area contributed by atoms with Gasteiger partial charge in [-0.1, -0.05) is 24.3 Å². The van der Waals surface area contributed by atoms with Gasteiger partial charge in [0.15, 0.2) is 0 Å². The van der Waals surface area contributed by atoms with Crippen LogP contribution in [0.15, 0.2) is 66.9 Å². The predicted molar refractivity (Wildman–Crippen MR) is 104 cm³/mol. The summed E-state index contributed by atoms with van der Waals surface area (Å²) < 4.78 is 5.21. The number of aromatic nitrogens is 1. The molecular formula is C21H16N4O3. The fourth-order valence-electron chi connectivity index (χ4n) is 2.51. The number of hydrogen-bond donors (Lipinski definition) is 2. The lowest BCUT2D eigenvalue weighted by molar-refractivity contribution is 0.102. The van der Waals surface area contributed by atoms with Crippen LogP contribution < -0.4 is 15.4 Å². The van der Waals surface area contributed by atoms with Crippen molar-refractivity contribution < 1.29 is 14.3 Å². The summed E-state index contributed by atoms with van der Waals surface area (Å²) in [7, 11) is 1.51. The number of para-hydroxylation sites is 3. The zero-order valence-corrected chi connectivity index (χ0v) is 15.0. The summed E-state index contributed by atoms with van der Waals surface area (Å²) in [5, 5.41) is 14.5. The molecule has 2 N–H and O–H groups in total. The van der Waals surface area contributed by atoms with Gasteiger partial charge in [-0.15, -0.1) is 0 Å². The second-order valence-corrected chi connectivity index (χ2v) is 5.70. The van der Waals surface area contributed by atoms with Gasteiger partial charge >= 0.3 is 0 Å². The first-order valence-electron chi connectivity index (χ1n) is 8.33. The molecule has 7 nitrogen and oxygen atoms in total. The number of rotatable bonds is 5. The standard InChI is InChI=1S/C21H16N4O3/c1-28-19-9-5-4-8-17(19)25-20(26)14-10-11-23-18(12-14)21(27)24-16-7-3-2-6-15(16)13-22/h2-12H,1H3,(H,24,27)(H,25,26). The molecule has 2 aromatic carbocycles. The normalized spacial score (nSPS) is 9.86. The summed E-state index contributed by atoms with van der Waals surface area (Å²) in [4.78, 5) is 29.0. The Morgan fingerprint density at radius 1 is 0.964 bits per heavy atom. The average molecular weight is 372 g/mol. The molecule has 28 heavy (non-hydrogen) atoms. The van der Waals surface area contributed by atoms with Crippen LogP contribution in [0.25, 0.3) is 0 Å². The molecule has 0 bridgehead atoms. The number of carbonyl (C=O) groups is 2. The molecule has 0 saturated carbocycles. The lowest BCUT2D eigenvalue weighted by Crippen LogP contribution is -2.17. The predicted octanol–water partition coefficient (Wildman–Crippen LogP) is 3.47. The molecular weight excluding hydrogens is 356 g/mol. The van der Waals surface area contributed by atoms with E-state index in [1.54, 1.807) is 48.5 Å². The van der Waals surface area contributed by atoms with Crippen LogP contribution in [-0.2, 0) is 0 Å². The third kappa shape index (κ3) is 4.14. The first-order valence-corrected chi connectivity index (χ1v) is 8.33. The lowest BCUT2D eigenvalue weighted by atomic mass is 10.1. The Bertz CT molecular complexity index is 1070. The molecule has 0 atom stereocenters. The van der Waals surface area contributed by atoms with Gasteiger partial charge in [-0.2, -0.15) is 5.26 Å². The highest BCUT2D eigenvalue weighted by molar-refractivity contribution is 6.08. The maximum absolute atomic E-state index is 12.5. The maximum atomic E-state index is 12.5. The van der Waals surface area contributed by atoms with Crippen molar-refractivity contribution in [3.8, 4) is 11.8 Å². The zero-order valence-electron chi connectivity index (χ0n) is 15.0. The van der Waals surface area contributed by atoms with Crippen molar-refractivity contribution in [1.29, 1.82) is 5.26 Å². The van der Waals surface area contributed by atoms with Gasteiger partial charge in [0.25, 0.3) is 11.8 Å². The number of anilines is 2. The number of hydrogen-bond acceptors (Lipinski definition) is 5. The molecule has 0 fully saturated rings. The first-order chi connectivity index (χ1) is 13.6. The van der Waals surface area contributed by atoms with Crippen molar-refractivity contribution in [2.75, 3.05) is 17.7 Å². The number of benzene rings is 2. The number of nitriles is 1. The molecule has 0 radical (unpaired) electrons. The molecule has 1 heterocycles. The fourth-order valence-corrected chi connectivity index (χ4v) is 2.51. The van der Waals surface area contributed by atoms with Crippen molar-refractivity contribution in [2.45, 2.75) is 0 Å². The number of ether oxygens (including phenoxy) is 1. The molecule has 0 unspecified atom stereocenters. The molecule has 0 aliphatic carbocycles. The van der Waals surface area contributed by atoms with E-state index in [1.807, 2.05) is 6.07 Å². The molecule has 0 saturated heterocycles. The quantitative estimate of drug-likeness (QED) is 0.714. The summed E-state index contributed by atoms with van der Waals surface area (Å²) in [6.07, 6.45) is 1.38. The van der Waals surface area contributed by atoms with E-state index in [2.05, 4.69) is 15.6 Å². The molecule has 3 rings (SSSR count). The third-order valence-electron chi connectivity index (χ3n) is 3.91. The SMILES string of the molecule is COc1ccccc1NC(=O)c1ccnc(C(=O)Nc2ccccc2C#N)c1. The van der Waals surface area contributed by atoms with E-state index in [-0.39, 0.29) is 11.3 Å². The molecule has 3 aromatic rings. The minimum Gasteiger partial charge on any atom is -0.495 e. The van der Waals surface area contributed by atoms with Gasteiger partial charge in [0, 0.05) is 11.8 Å². The van der Waals surface area contributed by atoms with Gasteiger partial charge in [0.2, 0.25) is 0 Å². The van der Waals surface area contributed by atoms with Crippen LogP contribution in [0.5, 0.6) is 5.75 Å². The highest BCUT2D eigenvalue weighted by atomic mass is 16.5. The van der Waals surface area contributed by atoms with Gasteiger partial charge in [-0.05, 0) is 36.4 Å². The second kappa shape index (κ2) is 8.47. The summed E-state index contributed by atoms with van der Waals surface area (Å²) >= 11 is 0. The van der Waals surface area contributed by atoms with Crippen LogP contribution in [0.2, 0.25) is 0 Å². The number of carbonyl (C=O) groups excluding carboxylic acids is 2. The Labute approximate surface area is 161 Å². The summed E-state index contributed by atoms with van der Waals surface area (Å²) in [5.41, 5.74) is 1.54. The average Bonchev–Trinajstić information content (AvgIpc) is 2.74. The molecule has 0 spiro atoms. The summed E-state index contributed by atoms with van der Waals surface area (Å²) in [5.74, 6) is -0.399. The van der Waals surface area contributed by atoms with Crippen LogP contribution in [0, 0.1) is 11.3 Å². The van der Waals surface area contributed by atoms with Gasteiger partial charge in [0.1, 0.15) is 17.5 Å². The Morgan fingerprint density at radius 2 is 1.64 bits per heavy atom. The second-order valence-electron chi connectivity index (χ2n) is 5.70. The number of amides is 2. The van der Waals surface area contributed by atoms with Gasteiger partial charge in [-0.3, -0.25) is 14.6 Å². The minimum absolute atomic E-state index is 0.0559. The van der Waals surface area contributed by atoms with E-state index < -0.39 is 11.8 Å². The van der Waals surface area contributed by atoms with E-state index in [9.17, 15) is 9.59 Å². The summed E-state index contributed by atoms with van der Waals surface area (Å²) in [6.45, 7) is 0. The van der Waals surface area contributed by atoms with Crippen molar-refractivity contribution in [3.05, 3.63) is 83.7 Å². The van der Waals surface area contributed by atoms with E-state index in [0.29, 0.717) is 22.7 Å². The fraction of sp³-hybridized carbons (Fsp3) is 0.0476. The first kappa shape index (κ1) is 18.6. The van der Waals surface area contributed by atoms with E-state index in [1.165, 1.54) is 25.4 Å². The number of methoxy groups -OCH3 is 1. The molecule has 138 valence electrons. The van der Waals surface area contributed by atoms with Gasteiger partial charge in [0.05, 0.1) is 24.0 Å². The van der Waals surface area contributed by atoms with E-state index in [4.69, 9.17) is 10.00 Å². The minimum atomic E-state index is -0.519. The highest BCUT2D eigenvalue weighted by Crippen LogP contribution is 2.23. The largest absolute Gasteiger partial charge is 0.495 e. The number of nitrogens with one attached hydrogen (secondary N) is 2. The Kier molecular flexibility index (Phi) is 5.63. The zero-order chi connectivity index (χ0) is 19.9. The van der Waals surface area contributed by atoms with Crippen LogP contribution in [0.3, 0.4) is 0 Å². The lowest BCUT2D eigenvalue weighted by Gasteiger charge is -2.10. The van der Waals surface area contributed by atoms with E-state index in [0.717, 1.165) is 0 Å². The Hall–Kier alpha value is -4.18. The monoisotopic (exact) mass is 372 g/mol. The summed E-state index contributed by atoms with van der Waals surface area (Å²) in [6, 6.07) is 18.5. The van der Waals surface area contributed by atoms with Crippen molar-refractivity contribution >= 4 is 23.2 Å². The van der Waals surface area contributed by atoms with Crippen LogP contribution in [-0.4, -0.2) is 23.9 Å². The molecule has 0 aliphatic heterocycles. The maximum Gasteiger partial charge on any atom is 0.274 e. The Balaban J connectivity index is 1.79. The third-order valence-corrected chi connectivity index (χ3v) is 3.91. The highest BCUT2D eigenvalue weighted by Gasteiger charge is 2.14. The molecule has 0 aliphatic rings. The van der Waals surface area contributed by atoms with Crippen LogP contribution in [0.4, 0.5) is 11.4 Å². The van der Waals surface area contributed by atoms with Crippen molar-refractivity contribution in [2.24, 2.45) is 0 Å². The topological polar surface area (TPSA) is 104 Å².